The Morgan fingerprint density at radius 2 is 2.00 bits per heavy atom. The zero-order valence-electron chi connectivity index (χ0n) is 14.3. The van der Waals surface area contributed by atoms with E-state index in [1.807, 2.05) is 11.8 Å². The van der Waals surface area contributed by atoms with Gasteiger partial charge in [-0.2, -0.15) is 0 Å². The smallest absolute Gasteiger partial charge is 0.338 e. The van der Waals surface area contributed by atoms with Gasteiger partial charge >= 0.3 is 5.97 Å². The Balaban J connectivity index is 0.00000312. The van der Waals surface area contributed by atoms with Gasteiger partial charge in [-0.25, -0.2) is 4.79 Å². The lowest BCUT2D eigenvalue weighted by Crippen LogP contribution is -2.30. The maximum atomic E-state index is 12.2. The zero-order valence-corrected chi connectivity index (χ0v) is 16.8. The molecule has 0 aromatic heterocycles. The van der Waals surface area contributed by atoms with E-state index in [1.165, 1.54) is 0 Å². The van der Waals surface area contributed by atoms with Gasteiger partial charge in [0.15, 0.2) is 0 Å². The van der Waals surface area contributed by atoms with Crippen LogP contribution in [0.1, 0.15) is 30.6 Å². The third kappa shape index (κ3) is 6.05. The van der Waals surface area contributed by atoms with Crippen molar-refractivity contribution in [2.75, 3.05) is 31.0 Å². The number of anilines is 1. The van der Waals surface area contributed by atoms with E-state index in [1.54, 1.807) is 43.0 Å². The maximum Gasteiger partial charge on any atom is 0.338 e. The topological polar surface area (TPSA) is 78.9 Å². The first kappa shape index (κ1) is 21.5. The van der Waals surface area contributed by atoms with Crippen LogP contribution in [0.25, 0.3) is 0 Å². The molecule has 8 heteroatoms. The van der Waals surface area contributed by atoms with E-state index in [0.29, 0.717) is 24.3 Å². The number of amides is 1. The summed E-state index contributed by atoms with van der Waals surface area (Å²) >= 11 is 1.66. The molecule has 0 unspecified atom stereocenters. The van der Waals surface area contributed by atoms with Crippen molar-refractivity contribution >= 4 is 46.3 Å². The first-order chi connectivity index (χ1) is 11.5. The number of rotatable bonds is 7. The Morgan fingerprint density at radius 1 is 1.32 bits per heavy atom. The minimum absolute atomic E-state index is 0. The van der Waals surface area contributed by atoms with Crippen molar-refractivity contribution in [1.29, 1.82) is 0 Å². The number of nitrogens with one attached hydrogen (secondary N) is 1. The number of hydrogen-bond acceptors (Lipinski definition) is 6. The Labute approximate surface area is 162 Å². The van der Waals surface area contributed by atoms with Gasteiger partial charge in [-0.1, -0.05) is 0 Å². The van der Waals surface area contributed by atoms with Crippen LogP contribution in [-0.4, -0.2) is 47.5 Å². The molecule has 1 heterocycles. The quantitative estimate of drug-likeness (QED) is 0.647. The number of halogens is 1. The van der Waals surface area contributed by atoms with Gasteiger partial charge in [-0.05, 0) is 38.1 Å². The summed E-state index contributed by atoms with van der Waals surface area (Å²) in [5, 5.41) is 11.8. The number of esters is 1. The molecular weight excluding hydrogens is 408 g/mol. The van der Waals surface area contributed by atoms with Crippen molar-refractivity contribution in [3.63, 3.8) is 0 Å². The fraction of sp³-hybridized carbons (Fsp3) is 0.412. The van der Waals surface area contributed by atoms with Gasteiger partial charge in [0, 0.05) is 29.3 Å². The van der Waals surface area contributed by atoms with Crippen LogP contribution in [0.4, 0.5) is 5.69 Å². The van der Waals surface area contributed by atoms with E-state index in [9.17, 15) is 9.59 Å². The summed E-state index contributed by atoms with van der Waals surface area (Å²) in [4.78, 5) is 26.9. The Kier molecular flexibility index (Phi) is 9.02. The molecule has 0 radical (unpaired) electrons. The highest BCUT2D eigenvalue weighted by atomic mass is 79.9. The lowest BCUT2D eigenvalue weighted by atomic mass is 10.2. The van der Waals surface area contributed by atoms with E-state index >= 15 is 0 Å². The number of thioether (sulfide) groups is 1. The highest BCUT2D eigenvalue weighted by Gasteiger charge is 2.21. The Bertz CT molecular complexity index is 634. The fourth-order valence-electron chi connectivity index (χ4n) is 2.33. The van der Waals surface area contributed by atoms with Crippen LogP contribution in [0.3, 0.4) is 0 Å². The van der Waals surface area contributed by atoms with E-state index in [2.05, 4.69) is 5.32 Å². The predicted octanol–water partition coefficient (Wildman–Crippen LogP) is 3.00. The molecule has 1 aromatic rings. The van der Waals surface area contributed by atoms with Crippen LogP contribution in [0.15, 0.2) is 34.9 Å². The van der Waals surface area contributed by atoms with Crippen LogP contribution < -0.4 is 5.32 Å². The van der Waals surface area contributed by atoms with E-state index in [4.69, 9.17) is 9.84 Å². The molecule has 0 fully saturated rings. The van der Waals surface area contributed by atoms with Gasteiger partial charge in [0.1, 0.15) is 0 Å². The van der Waals surface area contributed by atoms with E-state index in [0.717, 1.165) is 16.5 Å². The first-order valence-corrected chi connectivity index (χ1v) is 8.79. The van der Waals surface area contributed by atoms with Crippen LogP contribution in [0, 0.1) is 0 Å². The normalized spacial score (nSPS) is 13.5. The molecule has 25 heavy (non-hydrogen) atoms. The second kappa shape index (κ2) is 10.5. The second-order valence-corrected chi connectivity index (χ2v) is 6.34. The fourth-order valence-corrected chi connectivity index (χ4v) is 3.50. The van der Waals surface area contributed by atoms with Crippen molar-refractivity contribution < 1.29 is 19.4 Å². The van der Waals surface area contributed by atoms with Crippen LogP contribution in [0.2, 0.25) is 0 Å². The van der Waals surface area contributed by atoms with E-state index in [-0.39, 0.29) is 42.0 Å². The summed E-state index contributed by atoms with van der Waals surface area (Å²) in [6.45, 7) is 4.42. The Hall–Kier alpha value is -1.51. The lowest BCUT2D eigenvalue weighted by molar-refractivity contribution is -0.116. The molecule has 0 saturated heterocycles. The van der Waals surface area contributed by atoms with Crippen LogP contribution >= 0.6 is 28.7 Å². The Morgan fingerprint density at radius 3 is 2.60 bits per heavy atom. The number of ether oxygens (including phenoxy) is 1. The van der Waals surface area contributed by atoms with Gasteiger partial charge in [-0.15, -0.1) is 28.7 Å². The molecule has 1 aliphatic rings. The van der Waals surface area contributed by atoms with Crippen molar-refractivity contribution in [2.45, 2.75) is 20.3 Å². The number of aliphatic hydroxyl groups is 1. The molecule has 0 aliphatic carbocycles. The number of benzene rings is 1. The monoisotopic (exact) mass is 430 g/mol. The maximum absolute atomic E-state index is 12.2. The van der Waals surface area contributed by atoms with Crippen molar-refractivity contribution in [1.82, 2.24) is 4.90 Å². The molecule has 1 aromatic carbocycles. The van der Waals surface area contributed by atoms with Gasteiger partial charge in [0.25, 0.3) is 0 Å². The predicted molar refractivity (Wildman–Crippen MR) is 105 cm³/mol. The van der Waals surface area contributed by atoms with Crippen LogP contribution in [0.5, 0.6) is 0 Å². The molecule has 2 N–H and O–H groups in total. The van der Waals surface area contributed by atoms with Crippen molar-refractivity contribution in [3.8, 4) is 0 Å². The number of allylic oxidation sites excluding steroid dienone is 1. The third-order valence-electron chi connectivity index (χ3n) is 3.63. The summed E-state index contributed by atoms with van der Waals surface area (Å²) in [5.74, 6) is 0.224. The molecule has 138 valence electrons. The molecule has 1 amide bonds. The minimum Gasteiger partial charge on any atom is -0.462 e. The minimum atomic E-state index is -0.373. The molecule has 2 rings (SSSR count). The molecule has 1 aliphatic heterocycles. The number of aliphatic hydroxyl groups excluding tert-OH is 1. The summed E-state index contributed by atoms with van der Waals surface area (Å²) in [7, 11) is 0. The lowest BCUT2D eigenvalue weighted by Gasteiger charge is -2.18. The highest BCUT2D eigenvalue weighted by Crippen LogP contribution is 2.33. The zero-order chi connectivity index (χ0) is 17.5. The molecule has 0 spiro atoms. The molecule has 0 atom stereocenters. The van der Waals surface area contributed by atoms with Gasteiger partial charge < -0.3 is 20.1 Å². The van der Waals surface area contributed by atoms with E-state index < -0.39 is 0 Å². The number of carbonyl (C=O) groups is 2. The number of carbonyl (C=O) groups excluding carboxylic acids is 2. The molecule has 0 saturated carbocycles. The van der Waals surface area contributed by atoms with Crippen molar-refractivity contribution in [2.24, 2.45) is 0 Å². The largest absolute Gasteiger partial charge is 0.462 e. The van der Waals surface area contributed by atoms with Gasteiger partial charge in [-0.3, -0.25) is 4.79 Å². The standard InChI is InChI=1S/C17H22N2O4S.BrH/c1-3-23-17(22)13-4-6-14(7-5-13)18-16(21)10-19-11-24-15(8-9-20)12(19)2;/h4-7,20H,3,8-11H2,1-2H3,(H,18,21);1H. The van der Waals surface area contributed by atoms with Crippen LogP contribution in [-0.2, 0) is 9.53 Å². The number of hydrogen-bond donors (Lipinski definition) is 2. The van der Waals surface area contributed by atoms with Gasteiger partial charge in [0.2, 0.25) is 5.91 Å². The molecule has 6 nitrogen and oxygen atoms in total. The first-order valence-electron chi connectivity index (χ1n) is 7.80. The number of nitrogens with zero attached hydrogens (tertiary/aromatic N) is 1. The highest BCUT2D eigenvalue weighted by molar-refractivity contribution is 8.93. The molecule has 0 bridgehead atoms. The van der Waals surface area contributed by atoms with Crippen molar-refractivity contribution in [3.05, 3.63) is 40.4 Å². The second-order valence-electron chi connectivity index (χ2n) is 5.30. The third-order valence-corrected chi connectivity index (χ3v) is 4.91. The average Bonchev–Trinajstić information content (AvgIpc) is 2.89. The molecular formula is C17H23BrN2O4S. The summed E-state index contributed by atoms with van der Waals surface area (Å²) in [5.41, 5.74) is 2.14. The summed E-state index contributed by atoms with van der Waals surface area (Å²) in [6, 6.07) is 6.62. The average molecular weight is 431 g/mol. The summed E-state index contributed by atoms with van der Waals surface area (Å²) in [6.07, 6.45) is 0.629. The SMILES string of the molecule is Br.CCOC(=O)c1ccc(NC(=O)CN2CSC(CCO)=C2C)cc1. The van der Waals surface area contributed by atoms with Gasteiger partial charge in [0.05, 0.1) is 24.6 Å². The summed E-state index contributed by atoms with van der Waals surface area (Å²) < 4.78 is 4.92.